The lowest BCUT2D eigenvalue weighted by molar-refractivity contribution is 0.580. The second-order valence-corrected chi connectivity index (χ2v) is 6.89. The maximum atomic E-state index is 13.0. The van der Waals surface area contributed by atoms with Crippen molar-refractivity contribution in [2.75, 3.05) is 0 Å². The van der Waals surface area contributed by atoms with Crippen molar-refractivity contribution in [2.45, 2.75) is 19.5 Å². The van der Waals surface area contributed by atoms with Gasteiger partial charge in [-0.2, -0.15) is 0 Å². The van der Waals surface area contributed by atoms with Crippen LogP contribution in [-0.4, -0.2) is 0 Å². The van der Waals surface area contributed by atoms with Crippen LogP contribution in [0, 0.1) is 5.82 Å². The van der Waals surface area contributed by atoms with Gasteiger partial charge in [0.2, 0.25) is 0 Å². The van der Waals surface area contributed by atoms with Crippen molar-refractivity contribution in [3.05, 3.63) is 55.4 Å². The summed E-state index contributed by atoms with van der Waals surface area (Å²) in [7, 11) is 0. The number of benzene rings is 1. The zero-order valence-electron chi connectivity index (χ0n) is 9.71. The minimum absolute atomic E-state index is 0.167. The second kappa shape index (κ2) is 6.15. The van der Waals surface area contributed by atoms with E-state index in [0.717, 1.165) is 9.35 Å². The molecule has 1 aromatic carbocycles. The molecule has 1 atom stereocenters. The molecule has 1 heterocycles. The Hall–Kier alpha value is -0.420. The van der Waals surface area contributed by atoms with Gasteiger partial charge in [0, 0.05) is 17.5 Å². The normalized spacial score (nSPS) is 12.7. The molecular weight excluding hydrogens is 337 g/mol. The Bertz CT molecular complexity index is 544. The molecule has 0 fully saturated rings. The smallest absolute Gasteiger partial charge is 0.141 e. The molecule has 0 amide bonds. The SMILES string of the molecule is CC(NCc1ccc(F)c(Cl)c1)c1ccc(Br)s1. The van der Waals surface area contributed by atoms with E-state index in [9.17, 15) is 4.39 Å². The number of halogens is 3. The first-order valence-electron chi connectivity index (χ1n) is 5.49. The predicted octanol–water partition coefficient (Wildman–Crippen LogP) is 5.15. The van der Waals surface area contributed by atoms with Crippen LogP contribution in [0.5, 0.6) is 0 Å². The van der Waals surface area contributed by atoms with Crippen LogP contribution in [-0.2, 0) is 6.54 Å². The minimum Gasteiger partial charge on any atom is -0.305 e. The van der Waals surface area contributed by atoms with Gasteiger partial charge in [-0.3, -0.25) is 0 Å². The molecule has 2 rings (SSSR count). The van der Waals surface area contributed by atoms with Crippen LogP contribution in [0.15, 0.2) is 34.1 Å². The predicted molar refractivity (Wildman–Crippen MR) is 78.7 cm³/mol. The molecule has 2 aromatic rings. The maximum Gasteiger partial charge on any atom is 0.141 e. The molecule has 0 aliphatic heterocycles. The fraction of sp³-hybridized carbons (Fsp3) is 0.231. The first-order chi connectivity index (χ1) is 8.56. The van der Waals surface area contributed by atoms with Gasteiger partial charge in [0.1, 0.15) is 5.82 Å². The van der Waals surface area contributed by atoms with E-state index in [1.165, 1.54) is 10.9 Å². The lowest BCUT2D eigenvalue weighted by Gasteiger charge is -2.12. The highest BCUT2D eigenvalue weighted by atomic mass is 79.9. The van der Waals surface area contributed by atoms with Gasteiger partial charge in [-0.25, -0.2) is 4.39 Å². The molecule has 1 N–H and O–H groups in total. The molecule has 18 heavy (non-hydrogen) atoms. The van der Waals surface area contributed by atoms with Crippen LogP contribution in [0.2, 0.25) is 5.02 Å². The third-order valence-electron chi connectivity index (χ3n) is 2.62. The summed E-state index contributed by atoms with van der Waals surface area (Å²) >= 11 is 10.9. The van der Waals surface area contributed by atoms with Crippen LogP contribution in [0.3, 0.4) is 0 Å². The Morgan fingerprint density at radius 3 is 2.78 bits per heavy atom. The molecule has 0 aliphatic carbocycles. The van der Waals surface area contributed by atoms with E-state index in [2.05, 4.69) is 34.2 Å². The highest BCUT2D eigenvalue weighted by Gasteiger charge is 2.08. The van der Waals surface area contributed by atoms with Gasteiger partial charge in [0.25, 0.3) is 0 Å². The average Bonchev–Trinajstić information content (AvgIpc) is 2.77. The van der Waals surface area contributed by atoms with Gasteiger partial charge in [0.15, 0.2) is 0 Å². The fourth-order valence-corrected chi connectivity index (χ4v) is 3.24. The Kier molecular flexibility index (Phi) is 4.78. The molecule has 0 aliphatic rings. The van der Waals surface area contributed by atoms with Gasteiger partial charge in [-0.15, -0.1) is 11.3 Å². The summed E-state index contributed by atoms with van der Waals surface area (Å²) in [6.45, 7) is 2.76. The summed E-state index contributed by atoms with van der Waals surface area (Å²) in [6, 6.07) is 9.17. The first-order valence-corrected chi connectivity index (χ1v) is 7.47. The molecular formula is C13H12BrClFNS. The van der Waals surface area contributed by atoms with Gasteiger partial charge in [-0.05, 0) is 52.7 Å². The number of hydrogen-bond acceptors (Lipinski definition) is 2. The van der Waals surface area contributed by atoms with E-state index >= 15 is 0 Å². The third kappa shape index (κ3) is 3.54. The first kappa shape index (κ1) is 14.0. The topological polar surface area (TPSA) is 12.0 Å². The van der Waals surface area contributed by atoms with E-state index in [1.807, 2.05) is 6.07 Å². The van der Waals surface area contributed by atoms with Crippen LogP contribution < -0.4 is 5.32 Å². The van der Waals surface area contributed by atoms with Gasteiger partial charge >= 0.3 is 0 Å². The lowest BCUT2D eigenvalue weighted by atomic mass is 10.2. The minimum atomic E-state index is -0.379. The van der Waals surface area contributed by atoms with E-state index < -0.39 is 0 Å². The van der Waals surface area contributed by atoms with Crippen LogP contribution in [0.4, 0.5) is 4.39 Å². The van der Waals surface area contributed by atoms with Crippen molar-refractivity contribution >= 4 is 38.9 Å². The molecule has 1 unspecified atom stereocenters. The van der Waals surface area contributed by atoms with E-state index in [-0.39, 0.29) is 16.9 Å². The Labute approximate surface area is 123 Å². The van der Waals surface area contributed by atoms with Crippen molar-refractivity contribution < 1.29 is 4.39 Å². The van der Waals surface area contributed by atoms with Crippen molar-refractivity contribution in [2.24, 2.45) is 0 Å². The van der Waals surface area contributed by atoms with Crippen molar-refractivity contribution in [3.8, 4) is 0 Å². The Morgan fingerprint density at radius 2 is 2.17 bits per heavy atom. The molecule has 0 bridgehead atoms. The number of thiophene rings is 1. The van der Waals surface area contributed by atoms with Gasteiger partial charge < -0.3 is 5.32 Å². The van der Waals surface area contributed by atoms with Gasteiger partial charge in [0.05, 0.1) is 8.81 Å². The monoisotopic (exact) mass is 347 g/mol. The summed E-state index contributed by atoms with van der Waals surface area (Å²) < 4.78 is 14.1. The molecule has 5 heteroatoms. The molecule has 1 aromatic heterocycles. The van der Waals surface area contributed by atoms with Crippen LogP contribution in [0.25, 0.3) is 0 Å². The second-order valence-electron chi connectivity index (χ2n) is 3.99. The van der Waals surface area contributed by atoms with Crippen LogP contribution in [0.1, 0.15) is 23.4 Å². The average molecular weight is 349 g/mol. The highest BCUT2D eigenvalue weighted by Crippen LogP contribution is 2.27. The summed E-state index contributed by atoms with van der Waals surface area (Å²) in [5.74, 6) is -0.379. The van der Waals surface area contributed by atoms with E-state index in [1.54, 1.807) is 23.5 Å². The van der Waals surface area contributed by atoms with Gasteiger partial charge in [-0.1, -0.05) is 17.7 Å². The van der Waals surface area contributed by atoms with Crippen molar-refractivity contribution in [3.63, 3.8) is 0 Å². The number of nitrogens with one attached hydrogen (secondary N) is 1. The summed E-state index contributed by atoms with van der Waals surface area (Å²) in [4.78, 5) is 1.26. The largest absolute Gasteiger partial charge is 0.305 e. The zero-order valence-corrected chi connectivity index (χ0v) is 12.9. The number of rotatable bonds is 4. The standard InChI is InChI=1S/C13H12BrClFNS/c1-8(12-4-5-13(14)18-12)17-7-9-2-3-11(16)10(15)6-9/h2-6,8,17H,7H2,1H3. The molecule has 0 spiro atoms. The molecule has 0 saturated heterocycles. The maximum absolute atomic E-state index is 13.0. The summed E-state index contributed by atoms with van der Waals surface area (Å²) in [5.41, 5.74) is 0.976. The molecule has 96 valence electrons. The summed E-state index contributed by atoms with van der Waals surface area (Å²) in [5, 5.41) is 3.55. The van der Waals surface area contributed by atoms with E-state index in [4.69, 9.17) is 11.6 Å². The van der Waals surface area contributed by atoms with Crippen LogP contribution >= 0.6 is 38.9 Å². The molecule has 0 saturated carbocycles. The molecule has 0 radical (unpaired) electrons. The zero-order chi connectivity index (χ0) is 13.1. The Morgan fingerprint density at radius 1 is 1.39 bits per heavy atom. The molecule has 1 nitrogen and oxygen atoms in total. The van der Waals surface area contributed by atoms with E-state index in [0.29, 0.717) is 6.54 Å². The number of hydrogen-bond donors (Lipinski definition) is 1. The van der Waals surface area contributed by atoms with Crippen molar-refractivity contribution in [1.82, 2.24) is 5.32 Å². The summed E-state index contributed by atoms with van der Waals surface area (Å²) in [6.07, 6.45) is 0. The van der Waals surface area contributed by atoms with Crippen molar-refractivity contribution in [1.29, 1.82) is 0 Å². The quantitative estimate of drug-likeness (QED) is 0.805. The lowest BCUT2D eigenvalue weighted by Crippen LogP contribution is -2.17. The third-order valence-corrected chi connectivity index (χ3v) is 4.71. The highest BCUT2D eigenvalue weighted by molar-refractivity contribution is 9.11. The Balaban J connectivity index is 1.97. The fourth-order valence-electron chi connectivity index (χ4n) is 1.58.